The van der Waals surface area contributed by atoms with E-state index in [1.807, 2.05) is 0 Å². The number of aliphatic hydroxyl groups excluding tert-OH is 1. The average molecular weight is 261 g/mol. The molecule has 0 fully saturated rings. The Bertz CT molecular complexity index is 707. The SMILES string of the molecule is Cn1cnn(Cc2cc(F)cc(C#CCO)c2)c1=O. The lowest BCUT2D eigenvalue weighted by molar-refractivity contribution is 0.350. The molecule has 0 aliphatic heterocycles. The standard InChI is InChI=1S/C13H12FN3O2/c1-16-9-15-17(13(16)19)8-11-5-10(3-2-4-18)6-12(14)7-11/h5-7,9,18H,4,8H2,1H3. The summed E-state index contributed by atoms with van der Waals surface area (Å²) >= 11 is 0. The molecule has 0 saturated heterocycles. The van der Waals surface area contributed by atoms with Crippen LogP contribution >= 0.6 is 0 Å². The largest absolute Gasteiger partial charge is 0.384 e. The molecule has 1 aromatic heterocycles. The van der Waals surface area contributed by atoms with Crippen LogP contribution in [0.1, 0.15) is 11.1 Å². The van der Waals surface area contributed by atoms with Crippen LogP contribution in [0.4, 0.5) is 4.39 Å². The van der Waals surface area contributed by atoms with Gasteiger partial charge in [0.15, 0.2) is 0 Å². The zero-order chi connectivity index (χ0) is 13.8. The summed E-state index contributed by atoms with van der Waals surface area (Å²) in [5.74, 6) is 4.64. The van der Waals surface area contributed by atoms with Crippen LogP contribution in [-0.4, -0.2) is 26.1 Å². The summed E-state index contributed by atoms with van der Waals surface area (Å²) in [6.07, 6.45) is 1.40. The topological polar surface area (TPSA) is 60.1 Å². The Hall–Kier alpha value is -2.39. The maximum absolute atomic E-state index is 13.4. The Morgan fingerprint density at radius 1 is 1.42 bits per heavy atom. The van der Waals surface area contributed by atoms with Gasteiger partial charge in [0.1, 0.15) is 18.8 Å². The van der Waals surface area contributed by atoms with Crippen LogP contribution in [0.3, 0.4) is 0 Å². The van der Waals surface area contributed by atoms with Gasteiger partial charge in [-0.3, -0.25) is 4.57 Å². The third kappa shape index (κ3) is 3.09. The van der Waals surface area contributed by atoms with Crippen molar-refractivity contribution < 1.29 is 9.50 Å². The predicted molar refractivity (Wildman–Crippen MR) is 66.9 cm³/mol. The second-order valence-electron chi connectivity index (χ2n) is 3.99. The molecule has 2 rings (SSSR count). The second-order valence-corrected chi connectivity index (χ2v) is 3.99. The van der Waals surface area contributed by atoms with Crippen molar-refractivity contribution in [3.8, 4) is 11.8 Å². The Morgan fingerprint density at radius 2 is 2.21 bits per heavy atom. The van der Waals surface area contributed by atoms with E-state index in [4.69, 9.17) is 5.11 Å². The molecule has 1 N–H and O–H groups in total. The molecule has 0 saturated carbocycles. The van der Waals surface area contributed by atoms with Crippen LogP contribution in [0, 0.1) is 17.7 Å². The van der Waals surface area contributed by atoms with Crippen LogP contribution in [0.25, 0.3) is 0 Å². The first-order chi connectivity index (χ1) is 9.10. The number of aromatic nitrogens is 3. The van der Waals surface area contributed by atoms with Crippen LogP contribution in [0.2, 0.25) is 0 Å². The lowest BCUT2D eigenvalue weighted by Crippen LogP contribution is -2.23. The zero-order valence-electron chi connectivity index (χ0n) is 10.3. The first-order valence-electron chi connectivity index (χ1n) is 5.58. The fourth-order valence-electron chi connectivity index (χ4n) is 1.66. The first-order valence-corrected chi connectivity index (χ1v) is 5.58. The fraction of sp³-hybridized carbons (Fsp3) is 0.231. The number of rotatable bonds is 2. The van der Waals surface area contributed by atoms with E-state index in [1.165, 1.54) is 27.7 Å². The molecule has 0 radical (unpaired) electrons. The Labute approximate surface area is 108 Å². The number of aliphatic hydroxyl groups is 1. The molecular formula is C13H12FN3O2. The number of benzene rings is 1. The van der Waals surface area contributed by atoms with Crippen molar-refractivity contribution in [3.05, 3.63) is 52.0 Å². The minimum atomic E-state index is -0.441. The van der Waals surface area contributed by atoms with Gasteiger partial charge < -0.3 is 5.11 Å². The van der Waals surface area contributed by atoms with Crippen LogP contribution in [-0.2, 0) is 13.6 Å². The van der Waals surface area contributed by atoms with Crippen LogP contribution in [0.15, 0.2) is 29.3 Å². The van der Waals surface area contributed by atoms with E-state index in [-0.39, 0.29) is 18.8 Å². The summed E-state index contributed by atoms with van der Waals surface area (Å²) in [5, 5.41) is 12.5. The highest BCUT2D eigenvalue weighted by Gasteiger charge is 2.05. The predicted octanol–water partition coefficient (Wildman–Crippen LogP) is 0.113. The fourth-order valence-corrected chi connectivity index (χ4v) is 1.66. The van der Waals surface area contributed by atoms with E-state index in [9.17, 15) is 9.18 Å². The molecule has 1 heterocycles. The van der Waals surface area contributed by atoms with Crippen molar-refractivity contribution in [2.45, 2.75) is 6.54 Å². The Balaban J connectivity index is 2.32. The molecular weight excluding hydrogens is 249 g/mol. The molecule has 0 bridgehead atoms. The van der Waals surface area contributed by atoms with Gasteiger partial charge in [-0.1, -0.05) is 11.8 Å². The highest BCUT2D eigenvalue weighted by atomic mass is 19.1. The molecule has 0 spiro atoms. The molecule has 0 amide bonds. The van der Waals surface area contributed by atoms with Crippen molar-refractivity contribution >= 4 is 0 Å². The van der Waals surface area contributed by atoms with Crippen LogP contribution < -0.4 is 5.69 Å². The molecule has 2 aromatic rings. The molecule has 0 atom stereocenters. The summed E-state index contributed by atoms with van der Waals surface area (Å²) in [4.78, 5) is 11.6. The lowest BCUT2D eigenvalue weighted by atomic mass is 10.1. The van der Waals surface area contributed by atoms with Crippen molar-refractivity contribution in [1.82, 2.24) is 14.3 Å². The van der Waals surface area contributed by atoms with E-state index >= 15 is 0 Å². The summed E-state index contributed by atoms with van der Waals surface area (Å²) in [6.45, 7) is -0.114. The third-order valence-electron chi connectivity index (χ3n) is 2.49. The lowest BCUT2D eigenvalue weighted by Gasteiger charge is -2.02. The maximum atomic E-state index is 13.4. The van der Waals surface area contributed by atoms with Gasteiger partial charge in [-0.05, 0) is 23.8 Å². The Kier molecular flexibility index (Phi) is 3.78. The van der Waals surface area contributed by atoms with Gasteiger partial charge >= 0.3 is 5.69 Å². The van der Waals surface area contributed by atoms with Gasteiger partial charge in [0.2, 0.25) is 0 Å². The van der Waals surface area contributed by atoms with E-state index < -0.39 is 5.82 Å². The van der Waals surface area contributed by atoms with E-state index in [0.29, 0.717) is 11.1 Å². The summed E-state index contributed by atoms with van der Waals surface area (Å²) < 4.78 is 16.0. The molecule has 98 valence electrons. The van der Waals surface area contributed by atoms with Gasteiger partial charge in [-0.2, -0.15) is 5.10 Å². The average Bonchev–Trinajstić information content (AvgIpc) is 2.68. The van der Waals surface area contributed by atoms with Crippen molar-refractivity contribution in [3.63, 3.8) is 0 Å². The zero-order valence-corrected chi connectivity index (χ0v) is 10.3. The molecule has 0 aliphatic carbocycles. The van der Waals surface area contributed by atoms with E-state index in [0.717, 1.165) is 0 Å². The van der Waals surface area contributed by atoms with Crippen molar-refractivity contribution in [2.75, 3.05) is 6.61 Å². The van der Waals surface area contributed by atoms with E-state index in [1.54, 1.807) is 13.1 Å². The third-order valence-corrected chi connectivity index (χ3v) is 2.49. The maximum Gasteiger partial charge on any atom is 0.345 e. The first kappa shape index (κ1) is 13.1. The Morgan fingerprint density at radius 3 is 2.84 bits per heavy atom. The van der Waals surface area contributed by atoms with E-state index in [2.05, 4.69) is 16.9 Å². The highest BCUT2D eigenvalue weighted by Crippen LogP contribution is 2.09. The molecule has 19 heavy (non-hydrogen) atoms. The minimum Gasteiger partial charge on any atom is -0.384 e. The molecule has 5 nitrogen and oxygen atoms in total. The number of hydrogen-bond acceptors (Lipinski definition) is 3. The number of halogens is 1. The molecule has 0 unspecified atom stereocenters. The summed E-state index contributed by atoms with van der Waals surface area (Å²) in [7, 11) is 1.59. The van der Waals surface area contributed by atoms with Gasteiger partial charge in [-0.15, -0.1) is 0 Å². The molecule has 0 aliphatic rings. The normalized spacial score (nSPS) is 10.1. The highest BCUT2D eigenvalue weighted by molar-refractivity contribution is 5.37. The molecule has 6 heteroatoms. The van der Waals surface area contributed by atoms with Gasteiger partial charge in [0.25, 0.3) is 0 Å². The van der Waals surface area contributed by atoms with Crippen LogP contribution in [0.5, 0.6) is 0 Å². The monoisotopic (exact) mass is 261 g/mol. The number of aryl methyl sites for hydroxylation is 1. The van der Waals surface area contributed by atoms with Gasteiger partial charge in [-0.25, -0.2) is 13.9 Å². The summed E-state index contributed by atoms with van der Waals surface area (Å²) in [5.41, 5.74) is 0.767. The van der Waals surface area contributed by atoms with Gasteiger partial charge in [0.05, 0.1) is 6.54 Å². The smallest absolute Gasteiger partial charge is 0.345 e. The van der Waals surface area contributed by atoms with Crippen molar-refractivity contribution in [1.29, 1.82) is 0 Å². The second kappa shape index (κ2) is 5.50. The number of hydrogen-bond donors (Lipinski definition) is 1. The molecule has 1 aromatic carbocycles. The number of nitrogens with zero attached hydrogens (tertiary/aromatic N) is 3. The summed E-state index contributed by atoms with van der Waals surface area (Å²) in [6, 6.07) is 4.26. The van der Waals surface area contributed by atoms with Gasteiger partial charge in [0, 0.05) is 12.6 Å². The van der Waals surface area contributed by atoms with Crippen molar-refractivity contribution in [2.24, 2.45) is 7.05 Å². The minimum absolute atomic E-state index is 0.172. The quantitative estimate of drug-likeness (QED) is 0.781.